The highest BCUT2D eigenvalue weighted by atomic mass is 35.5. The van der Waals surface area contributed by atoms with Crippen molar-refractivity contribution in [3.05, 3.63) is 46.9 Å². The summed E-state index contributed by atoms with van der Waals surface area (Å²) in [6, 6.07) is 5.18. The highest BCUT2D eigenvalue weighted by molar-refractivity contribution is 6.31. The van der Waals surface area contributed by atoms with Gasteiger partial charge in [0, 0.05) is 11.1 Å². The van der Waals surface area contributed by atoms with E-state index in [2.05, 4.69) is 15.0 Å². The molecule has 0 unspecified atom stereocenters. The van der Waals surface area contributed by atoms with Gasteiger partial charge in [-0.1, -0.05) is 16.8 Å². The molecule has 4 nitrogen and oxygen atoms in total. The molecule has 1 heterocycles. The van der Waals surface area contributed by atoms with Crippen LogP contribution >= 0.6 is 11.6 Å². The lowest BCUT2D eigenvalue weighted by Gasteiger charge is -2.03. The first-order valence-electron chi connectivity index (χ1n) is 4.33. The minimum Gasteiger partial charge on any atom is -0.363 e. The van der Waals surface area contributed by atoms with Gasteiger partial charge in [0.15, 0.2) is 5.82 Å². The van der Waals surface area contributed by atoms with Crippen molar-refractivity contribution < 1.29 is 13.7 Å². The molecule has 0 atom stereocenters. The monoisotopic (exact) mass is 240 g/mol. The number of hydrogen-bond acceptors (Lipinski definition) is 3. The van der Waals surface area contributed by atoms with Gasteiger partial charge in [-0.05, 0) is 18.2 Å². The van der Waals surface area contributed by atoms with Crippen LogP contribution in [0.4, 0.5) is 10.2 Å². The Bertz CT molecular complexity index is 514. The lowest BCUT2D eigenvalue weighted by atomic mass is 10.2. The van der Waals surface area contributed by atoms with Gasteiger partial charge >= 0.3 is 0 Å². The van der Waals surface area contributed by atoms with E-state index in [0.29, 0.717) is 0 Å². The topological polar surface area (TPSA) is 55.1 Å². The maximum absolute atomic E-state index is 13.3. The molecule has 2 rings (SSSR count). The fraction of sp³-hybridized carbons (Fsp3) is 0. The molecule has 0 bridgehead atoms. The van der Waals surface area contributed by atoms with E-state index in [4.69, 9.17) is 11.6 Å². The summed E-state index contributed by atoms with van der Waals surface area (Å²) in [5.41, 5.74) is -0.143. The number of carbonyl (C=O) groups is 1. The zero-order valence-corrected chi connectivity index (χ0v) is 8.66. The van der Waals surface area contributed by atoms with Gasteiger partial charge in [0.1, 0.15) is 12.1 Å². The van der Waals surface area contributed by atoms with Crippen LogP contribution in [0.25, 0.3) is 0 Å². The van der Waals surface area contributed by atoms with E-state index in [0.717, 1.165) is 6.07 Å². The molecular formula is C10H6ClFN2O2. The molecule has 1 N–H and O–H groups in total. The summed E-state index contributed by atoms with van der Waals surface area (Å²) in [7, 11) is 0. The number of carbonyl (C=O) groups excluding carboxylic acids is 1. The van der Waals surface area contributed by atoms with Crippen molar-refractivity contribution in [3.8, 4) is 0 Å². The van der Waals surface area contributed by atoms with Gasteiger partial charge < -0.3 is 9.84 Å². The predicted octanol–water partition coefficient (Wildman–Crippen LogP) is 2.72. The molecule has 6 heteroatoms. The third-order valence-electron chi connectivity index (χ3n) is 1.85. The summed E-state index contributed by atoms with van der Waals surface area (Å²) < 4.78 is 17.8. The second-order valence-electron chi connectivity index (χ2n) is 2.96. The summed E-state index contributed by atoms with van der Waals surface area (Å²) in [5.74, 6) is -1.07. The van der Waals surface area contributed by atoms with E-state index in [1.165, 1.54) is 24.5 Å². The molecule has 0 saturated carbocycles. The van der Waals surface area contributed by atoms with Crippen molar-refractivity contribution >= 4 is 23.3 Å². The zero-order valence-electron chi connectivity index (χ0n) is 7.91. The molecular weight excluding hydrogens is 235 g/mol. The molecule has 1 amide bonds. The molecule has 2 aromatic rings. The van der Waals surface area contributed by atoms with Gasteiger partial charge in [-0.15, -0.1) is 0 Å². The van der Waals surface area contributed by atoms with E-state index in [1.807, 2.05) is 0 Å². The highest BCUT2D eigenvalue weighted by Crippen LogP contribution is 2.16. The first kappa shape index (κ1) is 10.6. The van der Waals surface area contributed by atoms with Gasteiger partial charge in [-0.25, -0.2) is 4.39 Å². The van der Waals surface area contributed by atoms with Crippen LogP contribution in [0.5, 0.6) is 0 Å². The summed E-state index contributed by atoms with van der Waals surface area (Å²) in [6.45, 7) is 0. The summed E-state index contributed by atoms with van der Waals surface area (Å²) in [4.78, 5) is 11.6. The maximum Gasteiger partial charge on any atom is 0.259 e. The van der Waals surface area contributed by atoms with Gasteiger partial charge in [-0.3, -0.25) is 4.79 Å². The average Bonchev–Trinajstić information content (AvgIpc) is 2.74. The van der Waals surface area contributed by atoms with Crippen LogP contribution in [0.2, 0.25) is 5.02 Å². The van der Waals surface area contributed by atoms with Crippen molar-refractivity contribution in [1.29, 1.82) is 0 Å². The standard InChI is InChI=1S/C10H6ClFN2O2/c11-6-1-2-8(12)7(5-6)10(15)13-9-3-4-16-14-9/h1-5H,(H,13,14,15). The Morgan fingerprint density at radius 3 is 2.94 bits per heavy atom. The van der Waals surface area contributed by atoms with Crippen molar-refractivity contribution in [3.63, 3.8) is 0 Å². The SMILES string of the molecule is O=C(Nc1ccon1)c1cc(Cl)ccc1F. The Morgan fingerprint density at radius 2 is 2.25 bits per heavy atom. The molecule has 0 aliphatic carbocycles. The Kier molecular flexibility index (Phi) is 2.87. The number of aromatic nitrogens is 1. The van der Waals surface area contributed by atoms with E-state index < -0.39 is 11.7 Å². The minimum atomic E-state index is -0.648. The smallest absolute Gasteiger partial charge is 0.259 e. The number of rotatable bonds is 2. The number of nitrogens with one attached hydrogen (secondary N) is 1. The molecule has 0 aliphatic heterocycles. The highest BCUT2D eigenvalue weighted by Gasteiger charge is 2.13. The molecule has 0 radical (unpaired) electrons. The van der Waals surface area contributed by atoms with Crippen LogP contribution in [0, 0.1) is 5.82 Å². The molecule has 82 valence electrons. The molecule has 0 aliphatic rings. The number of nitrogens with zero attached hydrogens (tertiary/aromatic N) is 1. The van der Waals surface area contributed by atoms with Crippen molar-refractivity contribution in [1.82, 2.24) is 5.16 Å². The maximum atomic E-state index is 13.3. The van der Waals surface area contributed by atoms with E-state index in [9.17, 15) is 9.18 Å². The van der Waals surface area contributed by atoms with Crippen LogP contribution < -0.4 is 5.32 Å². The zero-order chi connectivity index (χ0) is 11.5. The average molecular weight is 241 g/mol. The lowest BCUT2D eigenvalue weighted by molar-refractivity contribution is 0.102. The Hall–Kier alpha value is -1.88. The molecule has 0 saturated heterocycles. The van der Waals surface area contributed by atoms with E-state index in [1.54, 1.807) is 0 Å². The number of benzene rings is 1. The van der Waals surface area contributed by atoms with Crippen LogP contribution in [0.3, 0.4) is 0 Å². The third-order valence-corrected chi connectivity index (χ3v) is 2.09. The minimum absolute atomic E-state index is 0.143. The molecule has 1 aromatic carbocycles. The number of anilines is 1. The summed E-state index contributed by atoms with van der Waals surface area (Å²) in [5, 5.41) is 6.12. The molecule has 0 spiro atoms. The fourth-order valence-corrected chi connectivity index (χ4v) is 1.30. The first-order chi connectivity index (χ1) is 7.66. The van der Waals surface area contributed by atoms with E-state index in [-0.39, 0.29) is 16.4 Å². The Balaban J connectivity index is 2.24. The normalized spacial score (nSPS) is 10.1. The van der Waals surface area contributed by atoms with E-state index >= 15 is 0 Å². The number of halogens is 2. The Morgan fingerprint density at radius 1 is 1.44 bits per heavy atom. The lowest BCUT2D eigenvalue weighted by Crippen LogP contribution is -2.13. The number of amides is 1. The summed E-state index contributed by atoms with van der Waals surface area (Å²) >= 11 is 5.66. The predicted molar refractivity (Wildman–Crippen MR) is 55.9 cm³/mol. The van der Waals surface area contributed by atoms with Crippen molar-refractivity contribution in [2.24, 2.45) is 0 Å². The second kappa shape index (κ2) is 4.32. The van der Waals surface area contributed by atoms with Gasteiger partial charge in [0.05, 0.1) is 5.56 Å². The molecule has 1 aromatic heterocycles. The van der Waals surface area contributed by atoms with Gasteiger partial charge in [-0.2, -0.15) is 0 Å². The first-order valence-corrected chi connectivity index (χ1v) is 4.71. The Labute approximate surface area is 95.0 Å². The molecule has 16 heavy (non-hydrogen) atoms. The third kappa shape index (κ3) is 2.20. The second-order valence-corrected chi connectivity index (χ2v) is 3.40. The van der Waals surface area contributed by atoms with Crippen LogP contribution in [-0.2, 0) is 0 Å². The quantitative estimate of drug-likeness (QED) is 0.878. The van der Waals surface area contributed by atoms with Crippen molar-refractivity contribution in [2.75, 3.05) is 5.32 Å². The molecule has 0 fully saturated rings. The fourth-order valence-electron chi connectivity index (χ4n) is 1.13. The van der Waals surface area contributed by atoms with Crippen LogP contribution in [0.1, 0.15) is 10.4 Å². The number of hydrogen-bond donors (Lipinski definition) is 1. The van der Waals surface area contributed by atoms with Crippen LogP contribution in [0.15, 0.2) is 35.1 Å². The summed E-state index contributed by atoms with van der Waals surface area (Å²) in [6.07, 6.45) is 1.30. The largest absolute Gasteiger partial charge is 0.363 e. The van der Waals surface area contributed by atoms with Crippen LogP contribution in [-0.4, -0.2) is 11.1 Å². The van der Waals surface area contributed by atoms with Crippen molar-refractivity contribution in [2.45, 2.75) is 0 Å². The van der Waals surface area contributed by atoms with Gasteiger partial charge in [0.2, 0.25) is 0 Å². The van der Waals surface area contributed by atoms with Gasteiger partial charge in [0.25, 0.3) is 5.91 Å².